The first-order valence-electron chi connectivity index (χ1n) is 9.06. The SMILES string of the molecule is CC1CCCCN1S(=O)(=O)c1ccc(C(=O)NC(CN)C2CC2)cc1. The van der Waals surface area contributed by atoms with Crippen LogP contribution in [-0.4, -0.2) is 43.8 Å². The zero-order valence-corrected chi connectivity index (χ0v) is 15.5. The highest BCUT2D eigenvalue weighted by Gasteiger charge is 2.32. The van der Waals surface area contributed by atoms with E-state index in [1.807, 2.05) is 6.92 Å². The highest BCUT2D eigenvalue weighted by atomic mass is 32.2. The molecular formula is C18H27N3O3S. The maximum atomic E-state index is 12.8. The minimum absolute atomic E-state index is 0.00473. The lowest BCUT2D eigenvalue weighted by Gasteiger charge is -2.32. The predicted octanol–water partition coefficient (Wildman–Crippen LogP) is 1.72. The minimum atomic E-state index is -3.50. The lowest BCUT2D eigenvalue weighted by atomic mass is 10.1. The van der Waals surface area contributed by atoms with Crippen LogP contribution in [0, 0.1) is 5.92 Å². The summed E-state index contributed by atoms with van der Waals surface area (Å²) < 4.78 is 27.2. The number of hydrogen-bond acceptors (Lipinski definition) is 4. The molecule has 1 aliphatic heterocycles. The second-order valence-electron chi connectivity index (χ2n) is 7.14. The molecule has 3 rings (SSSR count). The fourth-order valence-electron chi connectivity index (χ4n) is 3.46. The van der Waals surface area contributed by atoms with Crippen LogP contribution in [-0.2, 0) is 10.0 Å². The highest BCUT2D eigenvalue weighted by Crippen LogP contribution is 2.32. The van der Waals surface area contributed by atoms with Gasteiger partial charge in [-0.3, -0.25) is 4.79 Å². The fourth-order valence-corrected chi connectivity index (χ4v) is 5.16. The predicted molar refractivity (Wildman–Crippen MR) is 96.7 cm³/mol. The summed E-state index contributed by atoms with van der Waals surface area (Å²) in [5.74, 6) is 0.284. The molecule has 2 atom stereocenters. The molecule has 138 valence electrons. The molecule has 0 radical (unpaired) electrons. The van der Waals surface area contributed by atoms with Gasteiger partial charge in [-0.15, -0.1) is 0 Å². The molecule has 2 fully saturated rings. The average Bonchev–Trinajstić information content (AvgIpc) is 3.45. The Morgan fingerprint density at radius 3 is 2.48 bits per heavy atom. The zero-order chi connectivity index (χ0) is 18.0. The Bertz CT molecular complexity index is 714. The number of carbonyl (C=O) groups is 1. The van der Waals surface area contributed by atoms with E-state index in [1.54, 1.807) is 16.4 Å². The molecule has 1 saturated heterocycles. The molecule has 2 unspecified atom stereocenters. The smallest absolute Gasteiger partial charge is 0.251 e. The van der Waals surface area contributed by atoms with E-state index in [4.69, 9.17) is 5.73 Å². The van der Waals surface area contributed by atoms with E-state index in [9.17, 15) is 13.2 Å². The number of nitrogens with one attached hydrogen (secondary N) is 1. The number of nitrogens with two attached hydrogens (primary N) is 1. The molecule has 3 N–H and O–H groups in total. The van der Waals surface area contributed by atoms with Crippen LogP contribution in [0.1, 0.15) is 49.4 Å². The number of rotatable bonds is 6. The van der Waals surface area contributed by atoms with Crippen molar-refractivity contribution < 1.29 is 13.2 Å². The van der Waals surface area contributed by atoms with Crippen molar-refractivity contribution in [3.8, 4) is 0 Å². The van der Waals surface area contributed by atoms with Crippen LogP contribution in [0.2, 0.25) is 0 Å². The Labute approximate surface area is 149 Å². The highest BCUT2D eigenvalue weighted by molar-refractivity contribution is 7.89. The van der Waals surface area contributed by atoms with Gasteiger partial charge in [0.2, 0.25) is 10.0 Å². The molecule has 1 saturated carbocycles. The second-order valence-corrected chi connectivity index (χ2v) is 9.03. The van der Waals surface area contributed by atoms with E-state index >= 15 is 0 Å². The quantitative estimate of drug-likeness (QED) is 0.803. The van der Waals surface area contributed by atoms with Gasteiger partial charge in [0.1, 0.15) is 0 Å². The Kier molecular flexibility index (Phi) is 5.46. The minimum Gasteiger partial charge on any atom is -0.348 e. The average molecular weight is 365 g/mol. The Hall–Kier alpha value is -1.44. The third kappa shape index (κ3) is 4.04. The van der Waals surface area contributed by atoms with Crippen LogP contribution in [0.4, 0.5) is 0 Å². The van der Waals surface area contributed by atoms with Crippen molar-refractivity contribution in [3.05, 3.63) is 29.8 Å². The number of amides is 1. The molecule has 7 heteroatoms. The molecule has 1 heterocycles. The first-order valence-corrected chi connectivity index (χ1v) is 10.5. The number of benzene rings is 1. The summed E-state index contributed by atoms with van der Waals surface area (Å²) in [6.07, 6.45) is 5.06. The number of carbonyl (C=O) groups excluding carboxylic acids is 1. The fraction of sp³-hybridized carbons (Fsp3) is 0.611. The molecule has 0 aromatic heterocycles. The standard InChI is InChI=1S/C18H27N3O3S/c1-13-4-2-3-11-21(13)25(23,24)16-9-7-15(8-10-16)18(22)20-17(12-19)14-5-6-14/h7-10,13-14,17H,2-6,11-12,19H2,1H3,(H,20,22). The Morgan fingerprint density at radius 1 is 1.24 bits per heavy atom. The number of hydrogen-bond donors (Lipinski definition) is 2. The lowest BCUT2D eigenvalue weighted by Crippen LogP contribution is -2.42. The summed E-state index contributed by atoms with van der Waals surface area (Å²) in [5.41, 5.74) is 6.18. The van der Waals surface area contributed by atoms with Crippen molar-refractivity contribution in [1.82, 2.24) is 9.62 Å². The number of nitrogens with zero attached hydrogens (tertiary/aromatic N) is 1. The molecule has 25 heavy (non-hydrogen) atoms. The van der Waals surface area contributed by atoms with Gasteiger partial charge in [-0.25, -0.2) is 8.42 Å². The van der Waals surface area contributed by atoms with E-state index in [0.717, 1.165) is 32.1 Å². The maximum Gasteiger partial charge on any atom is 0.251 e. The summed E-state index contributed by atoms with van der Waals surface area (Å²) in [5, 5.41) is 2.95. The Balaban J connectivity index is 1.71. The summed E-state index contributed by atoms with van der Waals surface area (Å²) in [6, 6.07) is 6.24. The molecule has 1 aromatic rings. The van der Waals surface area contributed by atoms with E-state index in [0.29, 0.717) is 24.6 Å². The van der Waals surface area contributed by atoms with Gasteiger partial charge in [0.15, 0.2) is 0 Å². The number of sulfonamides is 1. The van der Waals surface area contributed by atoms with E-state index < -0.39 is 10.0 Å². The normalized spacial score (nSPS) is 23.2. The van der Waals surface area contributed by atoms with Crippen molar-refractivity contribution in [1.29, 1.82) is 0 Å². The summed E-state index contributed by atoms with van der Waals surface area (Å²) >= 11 is 0. The second kappa shape index (κ2) is 7.43. The Morgan fingerprint density at radius 2 is 1.92 bits per heavy atom. The van der Waals surface area contributed by atoms with E-state index in [1.165, 1.54) is 12.1 Å². The molecule has 2 aliphatic rings. The molecule has 0 bridgehead atoms. The zero-order valence-electron chi connectivity index (χ0n) is 14.6. The third-order valence-electron chi connectivity index (χ3n) is 5.23. The first kappa shape index (κ1) is 18.4. The van der Waals surface area contributed by atoms with Gasteiger partial charge in [-0.05, 0) is 62.8 Å². The van der Waals surface area contributed by atoms with Gasteiger partial charge in [0.05, 0.1) is 4.90 Å². The van der Waals surface area contributed by atoms with Crippen LogP contribution < -0.4 is 11.1 Å². The van der Waals surface area contributed by atoms with Gasteiger partial charge < -0.3 is 11.1 Å². The van der Waals surface area contributed by atoms with Gasteiger partial charge in [-0.1, -0.05) is 6.42 Å². The summed E-state index contributed by atoms with van der Waals surface area (Å²) in [7, 11) is -3.50. The maximum absolute atomic E-state index is 12.8. The summed E-state index contributed by atoms with van der Waals surface area (Å²) in [6.45, 7) is 2.93. The summed E-state index contributed by atoms with van der Waals surface area (Å²) in [4.78, 5) is 12.6. The van der Waals surface area contributed by atoms with Crippen LogP contribution >= 0.6 is 0 Å². The van der Waals surface area contributed by atoms with Crippen LogP contribution in [0.5, 0.6) is 0 Å². The molecular weight excluding hydrogens is 338 g/mol. The van der Waals surface area contributed by atoms with E-state index in [-0.39, 0.29) is 22.9 Å². The van der Waals surface area contributed by atoms with Crippen LogP contribution in [0.25, 0.3) is 0 Å². The molecule has 1 aromatic carbocycles. The van der Waals surface area contributed by atoms with Crippen LogP contribution in [0.15, 0.2) is 29.2 Å². The van der Waals surface area contributed by atoms with Crippen molar-refractivity contribution in [2.45, 2.75) is 56.0 Å². The van der Waals surface area contributed by atoms with Gasteiger partial charge >= 0.3 is 0 Å². The van der Waals surface area contributed by atoms with Crippen molar-refractivity contribution in [2.24, 2.45) is 11.7 Å². The third-order valence-corrected chi connectivity index (χ3v) is 7.25. The molecule has 0 spiro atoms. The van der Waals surface area contributed by atoms with Gasteiger partial charge in [0, 0.05) is 30.7 Å². The van der Waals surface area contributed by atoms with Gasteiger partial charge in [0.25, 0.3) is 5.91 Å². The first-order chi connectivity index (χ1) is 11.9. The van der Waals surface area contributed by atoms with E-state index in [2.05, 4.69) is 5.32 Å². The molecule has 6 nitrogen and oxygen atoms in total. The largest absolute Gasteiger partial charge is 0.348 e. The van der Waals surface area contributed by atoms with Crippen molar-refractivity contribution >= 4 is 15.9 Å². The number of piperidine rings is 1. The van der Waals surface area contributed by atoms with Crippen molar-refractivity contribution in [2.75, 3.05) is 13.1 Å². The van der Waals surface area contributed by atoms with Crippen LogP contribution in [0.3, 0.4) is 0 Å². The van der Waals surface area contributed by atoms with Crippen molar-refractivity contribution in [3.63, 3.8) is 0 Å². The molecule has 1 amide bonds. The van der Waals surface area contributed by atoms with Gasteiger partial charge in [-0.2, -0.15) is 4.31 Å². The monoisotopic (exact) mass is 365 g/mol. The lowest BCUT2D eigenvalue weighted by molar-refractivity contribution is 0.0933. The molecule has 1 aliphatic carbocycles. The topological polar surface area (TPSA) is 92.5 Å².